The maximum absolute atomic E-state index is 11.7. The molecule has 100 valence electrons. The van der Waals surface area contributed by atoms with Crippen molar-refractivity contribution in [1.29, 1.82) is 0 Å². The minimum Gasteiger partial charge on any atom is -0.465 e. The van der Waals surface area contributed by atoms with Crippen LogP contribution in [0.1, 0.15) is 20.8 Å². The molecule has 2 N–H and O–H groups in total. The second kappa shape index (κ2) is 6.93. The van der Waals surface area contributed by atoms with Gasteiger partial charge in [0.05, 0.1) is 19.8 Å². The van der Waals surface area contributed by atoms with Crippen LogP contribution in [0.25, 0.3) is 0 Å². The summed E-state index contributed by atoms with van der Waals surface area (Å²) in [4.78, 5) is 14.0. The maximum atomic E-state index is 11.7. The van der Waals surface area contributed by atoms with E-state index in [2.05, 4.69) is 18.7 Å². The number of carbonyl (C=O) groups excluding carboxylic acids is 1. The third-order valence-corrected chi connectivity index (χ3v) is 3.08. The van der Waals surface area contributed by atoms with E-state index in [0.717, 1.165) is 13.1 Å². The van der Waals surface area contributed by atoms with E-state index >= 15 is 0 Å². The van der Waals surface area contributed by atoms with Crippen LogP contribution in [0.2, 0.25) is 0 Å². The molecule has 0 unspecified atom stereocenters. The zero-order chi connectivity index (χ0) is 12.8. The molecule has 1 heterocycles. The summed E-state index contributed by atoms with van der Waals surface area (Å²) < 4.78 is 10.3. The lowest BCUT2D eigenvalue weighted by Gasteiger charge is -2.39. The highest BCUT2D eigenvalue weighted by molar-refractivity contribution is 5.76. The Morgan fingerprint density at radius 1 is 1.41 bits per heavy atom. The molecule has 2 atom stereocenters. The summed E-state index contributed by atoms with van der Waals surface area (Å²) in [5, 5.41) is 0. The molecule has 5 heteroatoms. The summed E-state index contributed by atoms with van der Waals surface area (Å²) in [6, 6.07) is -0.550. The molecule has 0 aromatic heterocycles. The van der Waals surface area contributed by atoms with Gasteiger partial charge in [-0.1, -0.05) is 13.8 Å². The van der Waals surface area contributed by atoms with Crippen molar-refractivity contribution in [2.24, 2.45) is 11.7 Å². The van der Waals surface area contributed by atoms with Gasteiger partial charge in [-0.3, -0.25) is 9.69 Å². The summed E-state index contributed by atoms with van der Waals surface area (Å²) in [6.45, 7) is 9.41. The average Bonchev–Trinajstić information content (AvgIpc) is 2.30. The first-order chi connectivity index (χ1) is 8.07. The fraction of sp³-hybridized carbons (Fsp3) is 0.917. The average molecular weight is 244 g/mol. The lowest BCUT2D eigenvalue weighted by atomic mass is 9.95. The van der Waals surface area contributed by atoms with Crippen LogP contribution >= 0.6 is 0 Å². The predicted molar refractivity (Wildman–Crippen MR) is 65.6 cm³/mol. The van der Waals surface area contributed by atoms with Gasteiger partial charge in [-0.2, -0.15) is 0 Å². The van der Waals surface area contributed by atoms with Gasteiger partial charge in [0.15, 0.2) is 0 Å². The molecule has 0 aromatic carbocycles. The highest BCUT2D eigenvalue weighted by atomic mass is 16.5. The molecule has 0 bridgehead atoms. The molecule has 0 radical (unpaired) electrons. The van der Waals surface area contributed by atoms with E-state index in [1.807, 2.05) is 0 Å². The van der Waals surface area contributed by atoms with Crippen LogP contribution in [-0.2, 0) is 14.3 Å². The second-order valence-electron chi connectivity index (χ2n) is 4.66. The van der Waals surface area contributed by atoms with Crippen LogP contribution in [0.4, 0.5) is 0 Å². The number of morpholine rings is 1. The van der Waals surface area contributed by atoms with Crippen molar-refractivity contribution in [2.75, 3.05) is 32.9 Å². The highest BCUT2D eigenvalue weighted by Gasteiger charge is 2.33. The lowest BCUT2D eigenvalue weighted by Crippen LogP contribution is -2.57. The van der Waals surface area contributed by atoms with Crippen LogP contribution in [0.5, 0.6) is 0 Å². The number of rotatable bonds is 5. The predicted octanol–water partition coefficient (Wildman–Crippen LogP) is 0.234. The van der Waals surface area contributed by atoms with Crippen LogP contribution < -0.4 is 5.73 Å². The monoisotopic (exact) mass is 244 g/mol. The SMILES string of the molecule is CCOC(=O)[C@H](N)[C@@H](C(C)C)N1CCOCC1. The van der Waals surface area contributed by atoms with Gasteiger partial charge in [0, 0.05) is 19.1 Å². The lowest BCUT2D eigenvalue weighted by molar-refractivity contribution is -0.147. The van der Waals surface area contributed by atoms with Crippen molar-refractivity contribution < 1.29 is 14.3 Å². The summed E-state index contributed by atoms with van der Waals surface area (Å²) in [5.41, 5.74) is 6.02. The third-order valence-electron chi connectivity index (χ3n) is 3.08. The molecular formula is C12H24N2O3. The number of hydrogen-bond donors (Lipinski definition) is 1. The summed E-state index contributed by atoms with van der Waals surface area (Å²) in [6.07, 6.45) is 0. The largest absolute Gasteiger partial charge is 0.465 e. The Labute approximate surface area is 103 Å². The van der Waals surface area contributed by atoms with Gasteiger partial charge in [0.1, 0.15) is 6.04 Å². The quantitative estimate of drug-likeness (QED) is 0.702. The van der Waals surface area contributed by atoms with Crippen LogP contribution in [0.15, 0.2) is 0 Å². The van der Waals surface area contributed by atoms with Gasteiger partial charge >= 0.3 is 5.97 Å². The first-order valence-corrected chi connectivity index (χ1v) is 6.32. The summed E-state index contributed by atoms with van der Waals surface area (Å²) in [7, 11) is 0. The molecule has 1 fully saturated rings. The molecule has 17 heavy (non-hydrogen) atoms. The molecule has 0 spiro atoms. The molecule has 5 nitrogen and oxygen atoms in total. The second-order valence-corrected chi connectivity index (χ2v) is 4.66. The topological polar surface area (TPSA) is 64.8 Å². The Kier molecular flexibility index (Phi) is 5.88. The van der Waals surface area contributed by atoms with E-state index in [4.69, 9.17) is 15.2 Å². The number of nitrogens with two attached hydrogens (primary N) is 1. The van der Waals surface area contributed by atoms with Crippen molar-refractivity contribution >= 4 is 5.97 Å². The van der Waals surface area contributed by atoms with Gasteiger partial charge in [-0.25, -0.2) is 0 Å². The van der Waals surface area contributed by atoms with E-state index in [1.54, 1.807) is 6.92 Å². The van der Waals surface area contributed by atoms with E-state index in [-0.39, 0.29) is 12.0 Å². The standard InChI is InChI=1S/C12H24N2O3/c1-4-17-12(15)10(13)11(9(2)3)14-5-7-16-8-6-14/h9-11H,4-8,13H2,1-3H3/t10-,11-/m1/s1. The fourth-order valence-electron chi connectivity index (χ4n) is 2.32. The Morgan fingerprint density at radius 3 is 2.47 bits per heavy atom. The minimum absolute atomic E-state index is 0.0259. The Balaban J connectivity index is 2.66. The molecule has 1 aliphatic heterocycles. The molecule has 0 aromatic rings. The molecule has 0 amide bonds. The number of hydrogen-bond acceptors (Lipinski definition) is 5. The normalized spacial score (nSPS) is 21.2. The zero-order valence-corrected chi connectivity index (χ0v) is 11.0. The molecule has 0 saturated carbocycles. The van der Waals surface area contributed by atoms with Gasteiger partial charge in [0.25, 0.3) is 0 Å². The van der Waals surface area contributed by atoms with E-state index in [0.29, 0.717) is 25.7 Å². The Bertz CT molecular complexity index is 240. The Morgan fingerprint density at radius 2 is 2.00 bits per heavy atom. The van der Waals surface area contributed by atoms with Gasteiger partial charge in [-0.05, 0) is 12.8 Å². The van der Waals surface area contributed by atoms with Gasteiger partial charge < -0.3 is 15.2 Å². The summed E-state index contributed by atoms with van der Waals surface area (Å²) in [5.74, 6) is 0.00481. The molecule has 1 saturated heterocycles. The first-order valence-electron chi connectivity index (χ1n) is 6.32. The van der Waals surface area contributed by atoms with Crippen molar-refractivity contribution in [2.45, 2.75) is 32.9 Å². The maximum Gasteiger partial charge on any atom is 0.324 e. The molecular weight excluding hydrogens is 220 g/mol. The van der Waals surface area contributed by atoms with Crippen molar-refractivity contribution in [3.05, 3.63) is 0 Å². The van der Waals surface area contributed by atoms with Crippen LogP contribution in [-0.4, -0.2) is 55.9 Å². The number of nitrogens with zero attached hydrogens (tertiary/aromatic N) is 1. The van der Waals surface area contributed by atoms with Crippen molar-refractivity contribution in [3.8, 4) is 0 Å². The van der Waals surface area contributed by atoms with Crippen molar-refractivity contribution in [1.82, 2.24) is 4.90 Å². The van der Waals surface area contributed by atoms with E-state index in [1.165, 1.54) is 0 Å². The van der Waals surface area contributed by atoms with E-state index in [9.17, 15) is 4.79 Å². The third kappa shape index (κ3) is 3.94. The molecule has 1 rings (SSSR count). The first kappa shape index (κ1) is 14.4. The number of esters is 1. The summed E-state index contributed by atoms with van der Waals surface area (Å²) >= 11 is 0. The fourth-order valence-corrected chi connectivity index (χ4v) is 2.32. The zero-order valence-electron chi connectivity index (χ0n) is 11.0. The Hall–Kier alpha value is -0.650. The number of ether oxygens (including phenoxy) is 2. The van der Waals surface area contributed by atoms with Gasteiger partial charge in [-0.15, -0.1) is 0 Å². The highest BCUT2D eigenvalue weighted by Crippen LogP contribution is 2.16. The molecule has 1 aliphatic rings. The van der Waals surface area contributed by atoms with Crippen LogP contribution in [0.3, 0.4) is 0 Å². The van der Waals surface area contributed by atoms with Gasteiger partial charge in [0.2, 0.25) is 0 Å². The van der Waals surface area contributed by atoms with Crippen LogP contribution in [0, 0.1) is 5.92 Å². The van der Waals surface area contributed by atoms with E-state index < -0.39 is 6.04 Å². The smallest absolute Gasteiger partial charge is 0.324 e. The molecule has 0 aliphatic carbocycles. The van der Waals surface area contributed by atoms with Crippen molar-refractivity contribution in [3.63, 3.8) is 0 Å². The number of carbonyl (C=O) groups is 1. The minimum atomic E-state index is -0.576.